The maximum absolute atomic E-state index is 12.2. The van der Waals surface area contributed by atoms with Crippen LogP contribution >= 0.6 is 23.1 Å². The van der Waals surface area contributed by atoms with Gasteiger partial charge in [-0.15, -0.1) is 11.3 Å². The van der Waals surface area contributed by atoms with Crippen molar-refractivity contribution in [3.8, 4) is 0 Å². The van der Waals surface area contributed by atoms with E-state index in [1.165, 1.54) is 30.4 Å². The third-order valence-electron chi connectivity index (χ3n) is 3.68. The first-order valence-corrected chi connectivity index (χ1v) is 10.9. The Kier molecular flexibility index (Phi) is 5.26. The minimum absolute atomic E-state index is 0.0778. The van der Waals surface area contributed by atoms with E-state index in [-0.39, 0.29) is 10.8 Å². The minimum Gasteiger partial charge on any atom is -0.273 e. The number of amides is 1. The molecular weight excluding hydrogens is 392 g/mol. The van der Waals surface area contributed by atoms with E-state index in [1.54, 1.807) is 24.3 Å². The SMILES string of the molecule is Cc1ccc(S(=O)(=O)NC(=O)CSc2ncnc3sc(C)c(C)c23)nc1. The molecule has 136 valence electrons. The van der Waals surface area contributed by atoms with E-state index >= 15 is 0 Å². The Hall–Kier alpha value is -2.04. The molecule has 3 aromatic rings. The topological polar surface area (TPSA) is 102 Å². The molecule has 0 radical (unpaired) electrons. The van der Waals surface area contributed by atoms with Gasteiger partial charge in [0.1, 0.15) is 16.2 Å². The van der Waals surface area contributed by atoms with Crippen molar-refractivity contribution >= 4 is 49.2 Å². The maximum Gasteiger partial charge on any atom is 0.281 e. The minimum atomic E-state index is -3.98. The lowest BCUT2D eigenvalue weighted by molar-refractivity contribution is -0.116. The van der Waals surface area contributed by atoms with Crippen molar-refractivity contribution in [1.29, 1.82) is 0 Å². The zero-order valence-electron chi connectivity index (χ0n) is 14.3. The van der Waals surface area contributed by atoms with Crippen molar-refractivity contribution in [1.82, 2.24) is 19.7 Å². The van der Waals surface area contributed by atoms with Gasteiger partial charge in [0, 0.05) is 16.5 Å². The number of fused-ring (bicyclic) bond motifs is 1. The monoisotopic (exact) mass is 408 g/mol. The van der Waals surface area contributed by atoms with Crippen molar-refractivity contribution in [3.05, 3.63) is 40.7 Å². The summed E-state index contributed by atoms with van der Waals surface area (Å²) in [4.78, 5) is 26.4. The molecule has 0 atom stereocenters. The molecular formula is C16H16N4O3S3. The summed E-state index contributed by atoms with van der Waals surface area (Å²) in [7, 11) is -3.98. The molecule has 0 bridgehead atoms. The number of hydrogen-bond acceptors (Lipinski definition) is 8. The average molecular weight is 409 g/mol. The predicted octanol–water partition coefficient (Wildman–Crippen LogP) is 2.61. The van der Waals surface area contributed by atoms with Gasteiger partial charge >= 0.3 is 0 Å². The molecule has 7 nitrogen and oxygen atoms in total. The first-order chi connectivity index (χ1) is 12.3. The van der Waals surface area contributed by atoms with Gasteiger partial charge in [-0.3, -0.25) is 4.79 Å². The molecule has 3 heterocycles. The number of carbonyl (C=O) groups excluding carboxylic acids is 1. The van der Waals surface area contributed by atoms with Crippen LogP contribution in [0.2, 0.25) is 0 Å². The van der Waals surface area contributed by atoms with Crippen LogP contribution in [0.5, 0.6) is 0 Å². The van der Waals surface area contributed by atoms with Crippen molar-refractivity contribution < 1.29 is 13.2 Å². The number of pyridine rings is 1. The van der Waals surface area contributed by atoms with Gasteiger partial charge in [-0.25, -0.2) is 19.7 Å². The summed E-state index contributed by atoms with van der Waals surface area (Å²) in [6.07, 6.45) is 2.89. The van der Waals surface area contributed by atoms with E-state index in [1.807, 2.05) is 18.6 Å². The fraction of sp³-hybridized carbons (Fsp3) is 0.250. The highest BCUT2D eigenvalue weighted by molar-refractivity contribution is 8.00. The number of aryl methyl sites for hydroxylation is 3. The molecule has 0 aliphatic carbocycles. The molecule has 0 aromatic carbocycles. The van der Waals surface area contributed by atoms with E-state index in [9.17, 15) is 13.2 Å². The van der Waals surface area contributed by atoms with E-state index in [0.717, 1.165) is 26.2 Å². The van der Waals surface area contributed by atoms with Crippen molar-refractivity contribution in [2.75, 3.05) is 5.75 Å². The van der Waals surface area contributed by atoms with Crippen LogP contribution in [0.4, 0.5) is 0 Å². The second-order valence-corrected chi connectivity index (χ2v) is 9.43. The molecule has 0 fully saturated rings. The van der Waals surface area contributed by atoms with Gasteiger partial charge in [0.05, 0.1) is 5.75 Å². The summed E-state index contributed by atoms with van der Waals surface area (Å²) in [5, 5.41) is 1.39. The molecule has 0 saturated carbocycles. The van der Waals surface area contributed by atoms with Crippen LogP contribution in [-0.4, -0.2) is 35.0 Å². The number of sulfonamides is 1. The molecule has 0 aliphatic rings. The molecule has 0 unspecified atom stereocenters. The molecule has 0 aliphatic heterocycles. The Morgan fingerprint density at radius 2 is 1.96 bits per heavy atom. The summed E-state index contributed by atoms with van der Waals surface area (Å²) in [5.74, 6) is -0.709. The maximum atomic E-state index is 12.2. The van der Waals surface area contributed by atoms with Crippen molar-refractivity contribution in [3.63, 3.8) is 0 Å². The summed E-state index contributed by atoms with van der Waals surface area (Å²) >= 11 is 2.75. The normalized spacial score (nSPS) is 11.7. The number of carbonyl (C=O) groups is 1. The third-order valence-corrected chi connectivity index (χ3v) is 7.07. The van der Waals surface area contributed by atoms with E-state index < -0.39 is 15.9 Å². The number of nitrogens with one attached hydrogen (secondary N) is 1. The van der Waals surface area contributed by atoms with Gasteiger partial charge in [-0.1, -0.05) is 17.8 Å². The van der Waals surface area contributed by atoms with Crippen LogP contribution in [-0.2, 0) is 14.8 Å². The van der Waals surface area contributed by atoms with Gasteiger partial charge in [0.2, 0.25) is 5.91 Å². The van der Waals surface area contributed by atoms with Crippen LogP contribution in [0.3, 0.4) is 0 Å². The number of thioether (sulfide) groups is 1. The Morgan fingerprint density at radius 3 is 2.65 bits per heavy atom. The quantitative estimate of drug-likeness (QED) is 0.511. The smallest absolute Gasteiger partial charge is 0.273 e. The van der Waals surface area contributed by atoms with Gasteiger partial charge in [0.15, 0.2) is 5.03 Å². The average Bonchev–Trinajstić information content (AvgIpc) is 2.88. The van der Waals surface area contributed by atoms with E-state index in [4.69, 9.17) is 0 Å². The predicted molar refractivity (Wildman–Crippen MR) is 102 cm³/mol. The van der Waals surface area contributed by atoms with Gasteiger partial charge in [-0.2, -0.15) is 8.42 Å². The highest BCUT2D eigenvalue weighted by atomic mass is 32.2. The number of nitrogens with zero attached hydrogens (tertiary/aromatic N) is 3. The van der Waals surface area contributed by atoms with Crippen molar-refractivity contribution in [2.45, 2.75) is 30.8 Å². The first-order valence-electron chi connectivity index (χ1n) is 7.60. The number of thiophene rings is 1. The van der Waals surface area contributed by atoms with Gasteiger partial charge < -0.3 is 0 Å². The fourth-order valence-corrected chi connectivity index (χ4v) is 5.16. The number of rotatable bonds is 5. The first kappa shape index (κ1) is 18.7. The second kappa shape index (κ2) is 7.29. The zero-order chi connectivity index (χ0) is 18.9. The second-order valence-electron chi connectivity index (χ2n) is 5.63. The van der Waals surface area contributed by atoms with E-state index in [0.29, 0.717) is 5.03 Å². The Balaban J connectivity index is 1.72. The van der Waals surface area contributed by atoms with Gasteiger partial charge in [-0.05, 0) is 38.0 Å². The lowest BCUT2D eigenvalue weighted by Crippen LogP contribution is -2.32. The Bertz CT molecular complexity index is 1080. The van der Waals surface area contributed by atoms with Gasteiger partial charge in [0.25, 0.3) is 10.0 Å². The molecule has 3 rings (SSSR count). The molecule has 1 amide bonds. The molecule has 1 N–H and O–H groups in total. The zero-order valence-corrected chi connectivity index (χ0v) is 16.8. The largest absolute Gasteiger partial charge is 0.281 e. The number of hydrogen-bond donors (Lipinski definition) is 1. The van der Waals surface area contributed by atoms with Crippen LogP contribution in [0.25, 0.3) is 10.2 Å². The van der Waals surface area contributed by atoms with Crippen LogP contribution in [0.15, 0.2) is 34.7 Å². The Labute approximate surface area is 159 Å². The molecule has 0 saturated heterocycles. The molecule has 26 heavy (non-hydrogen) atoms. The summed E-state index contributed by atoms with van der Waals surface area (Å²) in [5.41, 5.74) is 1.91. The summed E-state index contributed by atoms with van der Waals surface area (Å²) in [6, 6.07) is 2.99. The van der Waals surface area contributed by atoms with E-state index in [2.05, 4.69) is 15.0 Å². The Morgan fingerprint density at radius 1 is 1.19 bits per heavy atom. The highest BCUT2D eigenvalue weighted by Gasteiger charge is 2.20. The summed E-state index contributed by atoms with van der Waals surface area (Å²) in [6.45, 7) is 5.79. The lowest BCUT2D eigenvalue weighted by Gasteiger charge is -2.07. The fourth-order valence-electron chi connectivity index (χ4n) is 2.24. The summed E-state index contributed by atoms with van der Waals surface area (Å²) < 4.78 is 26.5. The standard InChI is InChI=1S/C16H16N4O3S3/c1-9-4-5-13(17-6-9)26(22,23)20-12(21)7-24-15-14-10(2)11(3)25-16(14)19-8-18-15/h4-6,8H,7H2,1-3H3,(H,20,21). The molecule has 10 heteroatoms. The lowest BCUT2D eigenvalue weighted by atomic mass is 10.2. The van der Waals surface area contributed by atoms with Crippen LogP contribution < -0.4 is 4.72 Å². The number of aromatic nitrogens is 3. The molecule has 3 aromatic heterocycles. The van der Waals surface area contributed by atoms with Crippen molar-refractivity contribution in [2.24, 2.45) is 0 Å². The molecule has 0 spiro atoms. The third kappa shape index (κ3) is 3.87. The van der Waals surface area contributed by atoms with Crippen LogP contribution in [0.1, 0.15) is 16.0 Å². The highest BCUT2D eigenvalue weighted by Crippen LogP contribution is 2.34. The van der Waals surface area contributed by atoms with Crippen LogP contribution in [0, 0.1) is 20.8 Å².